The first kappa shape index (κ1) is 19.1. The average Bonchev–Trinajstić information content (AvgIpc) is 3.10. The summed E-state index contributed by atoms with van der Waals surface area (Å²) in [6.45, 7) is 0.556. The maximum absolute atomic E-state index is 12.5. The van der Waals surface area contributed by atoms with Crippen molar-refractivity contribution in [3.63, 3.8) is 0 Å². The molecule has 0 saturated heterocycles. The van der Waals surface area contributed by atoms with E-state index >= 15 is 0 Å². The molecule has 0 bridgehead atoms. The number of likely N-dealkylation sites (N-methyl/N-ethyl adjacent to an activating group) is 1. The molecule has 0 aromatic heterocycles. The quantitative estimate of drug-likeness (QED) is 0.743. The molecule has 0 radical (unpaired) electrons. The molecule has 0 spiro atoms. The van der Waals surface area contributed by atoms with Crippen LogP contribution in [0.2, 0.25) is 0 Å². The minimum Gasteiger partial charge on any atom is -0.497 e. The topological polar surface area (TPSA) is 41.6 Å². The van der Waals surface area contributed by atoms with Crippen LogP contribution in [0.5, 0.6) is 5.75 Å². The van der Waals surface area contributed by atoms with Crippen molar-refractivity contribution < 1.29 is 9.53 Å². The summed E-state index contributed by atoms with van der Waals surface area (Å²) in [7, 11) is 5.61. The second kappa shape index (κ2) is 9.94. The van der Waals surface area contributed by atoms with Gasteiger partial charge in [0.2, 0.25) is 5.91 Å². The van der Waals surface area contributed by atoms with Crippen molar-refractivity contribution in [3.05, 3.63) is 29.8 Å². The van der Waals surface area contributed by atoms with Gasteiger partial charge in [0.05, 0.1) is 13.2 Å². The first-order chi connectivity index (χ1) is 11.6. The van der Waals surface area contributed by atoms with Gasteiger partial charge in [0.25, 0.3) is 0 Å². The Hall–Kier alpha value is -1.20. The molecular weight excluding hydrogens is 320 g/mol. The van der Waals surface area contributed by atoms with Gasteiger partial charge in [-0.25, -0.2) is 0 Å². The maximum Gasteiger partial charge on any atom is 0.238 e. The highest BCUT2D eigenvalue weighted by Gasteiger charge is 2.22. The van der Waals surface area contributed by atoms with E-state index < -0.39 is 0 Å². The van der Waals surface area contributed by atoms with Crippen LogP contribution in [0.3, 0.4) is 0 Å². The fraction of sp³-hybridized carbons (Fsp3) is 0.632. The number of methoxy groups -OCH3 is 1. The zero-order valence-corrected chi connectivity index (χ0v) is 15.9. The number of hydrogen-bond acceptors (Lipinski definition) is 4. The first-order valence-electron chi connectivity index (χ1n) is 8.75. The molecule has 1 saturated carbocycles. The number of thioether (sulfide) groups is 1. The first-order valence-corrected chi connectivity index (χ1v) is 9.90. The van der Waals surface area contributed by atoms with Crippen LogP contribution in [0.4, 0.5) is 0 Å². The van der Waals surface area contributed by atoms with E-state index in [0.29, 0.717) is 6.54 Å². The number of nitrogens with one attached hydrogen (secondary N) is 1. The zero-order valence-electron chi connectivity index (χ0n) is 15.1. The van der Waals surface area contributed by atoms with E-state index in [4.69, 9.17) is 4.74 Å². The molecule has 1 aromatic rings. The van der Waals surface area contributed by atoms with Gasteiger partial charge >= 0.3 is 0 Å². The summed E-state index contributed by atoms with van der Waals surface area (Å²) in [5.41, 5.74) is 1.08. The molecule has 0 unspecified atom stereocenters. The highest BCUT2D eigenvalue weighted by Crippen LogP contribution is 2.28. The summed E-state index contributed by atoms with van der Waals surface area (Å²) in [5.74, 6) is 3.85. The van der Waals surface area contributed by atoms with Gasteiger partial charge in [0, 0.05) is 12.3 Å². The van der Waals surface area contributed by atoms with E-state index in [-0.39, 0.29) is 11.9 Å². The van der Waals surface area contributed by atoms with Crippen molar-refractivity contribution in [1.82, 2.24) is 10.2 Å². The summed E-state index contributed by atoms with van der Waals surface area (Å²) in [6, 6.07) is 7.73. The smallest absolute Gasteiger partial charge is 0.238 e. The zero-order chi connectivity index (χ0) is 17.4. The van der Waals surface area contributed by atoms with Crippen molar-refractivity contribution in [2.75, 3.05) is 32.7 Å². The molecule has 1 aliphatic carbocycles. The van der Waals surface area contributed by atoms with Crippen LogP contribution in [-0.2, 0) is 11.3 Å². The molecule has 0 heterocycles. The summed E-state index contributed by atoms with van der Waals surface area (Å²) in [4.78, 5) is 14.5. The standard InChI is InChI=1S/C19H30N2O2S/c1-21(2)18(14-24-13-16-6-4-5-7-16)19(22)20-12-15-8-10-17(23-3)11-9-15/h8-11,16,18H,4-7,12-14H2,1-3H3,(H,20,22)/t18-/m0/s1. The van der Waals surface area contributed by atoms with Gasteiger partial charge in [-0.2, -0.15) is 11.8 Å². The molecule has 1 fully saturated rings. The van der Waals surface area contributed by atoms with E-state index in [0.717, 1.165) is 23.0 Å². The third-order valence-electron chi connectivity index (χ3n) is 4.66. The second-order valence-electron chi connectivity index (χ2n) is 6.73. The molecular formula is C19H30N2O2S. The Morgan fingerprint density at radius 2 is 1.96 bits per heavy atom. The SMILES string of the molecule is COc1ccc(CNC(=O)[C@H](CSCC2CCCC2)N(C)C)cc1. The van der Waals surface area contributed by atoms with Gasteiger partial charge in [0.15, 0.2) is 0 Å². The van der Waals surface area contributed by atoms with Gasteiger partial charge in [-0.15, -0.1) is 0 Å². The van der Waals surface area contributed by atoms with Crippen LogP contribution in [0.15, 0.2) is 24.3 Å². The van der Waals surface area contributed by atoms with E-state index in [2.05, 4.69) is 5.32 Å². The van der Waals surface area contributed by atoms with Crippen molar-refractivity contribution >= 4 is 17.7 Å². The van der Waals surface area contributed by atoms with Gasteiger partial charge in [-0.1, -0.05) is 25.0 Å². The van der Waals surface area contributed by atoms with E-state index in [9.17, 15) is 4.79 Å². The van der Waals surface area contributed by atoms with Crippen LogP contribution in [0.1, 0.15) is 31.2 Å². The fourth-order valence-corrected chi connectivity index (χ4v) is 4.51. The van der Waals surface area contributed by atoms with Crippen LogP contribution in [0.25, 0.3) is 0 Å². The maximum atomic E-state index is 12.5. The molecule has 4 nitrogen and oxygen atoms in total. The summed E-state index contributed by atoms with van der Waals surface area (Å²) < 4.78 is 5.15. The molecule has 1 N–H and O–H groups in total. The van der Waals surface area contributed by atoms with Crippen molar-refractivity contribution in [1.29, 1.82) is 0 Å². The van der Waals surface area contributed by atoms with Crippen LogP contribution < -0.4 is 10.1 Å². The number of carbonyl (C=O) groups excluding carboxylic acids is 1. The lowest BCUT2D eigenvalue weighted by atomic mass is 10.1. The number of rotatable bonds is 9. The molecule has 0 aliphatic heterocycles. The Balaban J connectivity index is 1.76. The largest absolute Gasteiger partial charge is 0.497 e. The molecule has 1 aliphatic rings. The fourth-order valence-electron chi connectivity index (χ4n) is 3.03. The van der Waals surface area contributed by atoms with E-state index in [1.54, 1.807) is 7.11 Å². The van der Waals surface area contributed by atoms with Gasteiger partial charge in [-0.3, -0.25) is 9.69 Å². The Kier molecular flexibility index (Phi) is 7.92. The predicted octanol–water partition coefficient (Wildman–Crippen LogP) is 3.17. The molecule has 1 aromatic carbocycles. The Bertz CT molecular complexity index is 499. The molecule has 134 valence electrons. The summed E-state index contributed by atoms with van der Waals surface area (Å²) in [6.07, 6.45) is 5.49. The highest BCUT2D eigenvalue weighted by atomic mass is 32.2. The molecule has 1 atom stereocenters. The van der Waals surface area contributed by atoms with Gasteiger partial charge < -0.3 is 10.1 Å². The lowest BCUT2D eigenvalue weighted by molar-refractivity contribution is -0.125. The molecule has 1 amide bonds. The lowest BCUT2D eigenvalue weighted by Gasteiger charge is -2.23. The van der Waals surface area contributed by atoms with Crippen LogP contribution in [0, 0.1) is 5.92 Å². The normalized spacial score (nSPS) is 16.3. The van der Waals surface area contributed by atoms with Gasteiger partial charge in [-0.05, 0) is 56.3 Å². The number of amides is 1. The van der Waals surface area contributed by atoms with Gasteiger partial charge in [0.1, 0.15) is 5.75 Å². The summed E-state index contributed by atoms with van der Waals surface area (Å²) in [5, 5.41) is 3.06. The number of carbonyl (C=O) groups is 1. The third-order valence-corrected chi connectivity index (χ3v) is 5.91. The highest BCUT2D eigenvalue weighted by molar-refractivity contribution is 7.99. The predicted molar refractivity (Wildman–Crippen MR) is 102 cm³/mol. The summed E-state index contributed by atoms with van der Waals surface area (Å²) >= 11 is 1.92. The second-order valence-corrected chi connectivity index (χ2v) is 7.81. The van der Waals surface area contributed by atoms with E-state index in [1.165, 1.54) is 31.4 Å². The minimum absolute atomic E-state index is 0.0744. The Labute approximate surface area is 150 Å². The molecule has 24 heavy (non-hydrogen) atoms. The Morgan fingerprint density at radius 3 is 2.54 bits per heavy atom. The monoisotopic (exact) mass is 350 g/mol. The van der Waals surface area contributed by atoms with E-state index in [1.807, 2.05) is 55.0 Å². The number of benzene rings is 1. The Morgan fingerprint density at radius 1 is 1.29 bits per heavy atom. The number of nitrogens with zero attached hydrogens (tertiary/aromatic N) is 1. The number of ether oxygens (including phenoxy) is 1. The third kappa shape index (κ3) is 6.02. The molecule has 2 rings (SSSR count). The lowest BCUT2D eigenvalue weighted by Crippen LogP contribution is -2.45. The van der Waals surface area contributed by atoms with Crippen molar-refractivity contribution in [2.24, 2.45) is 5.92 Å². The van der Waals surface area contributed by atoms with Crippen LogP contribution >= 0.6 is 11.8 Å². The average molecular weight is 351 g/mol. The minimum atomic E-state index is -0.0744. The molecule has 5 heteroatoms. The van der Waals surface area contributed by atoms with Crippen LogP contribution in [-0.4, -0.2) is 49.6 Å². The van der Waals surface area contributed by atoms with Crippen molar-refractivity contribution in [2.45, 2.75) is 38.3 Å². The van der Waals surface area contributed by atoms with Crippen molar-refractivity contribution in [3.8, 4) is 5.75 Å². The number of hydrogen-bond donors (Lipinski definition) is 1.